The van der Waals surface area contributed by atoms with Gasteiger partial charge in [0.2, 0.25) is 5.91 Å². The summed E-state index contributed by atoms with van der Waals surface area (Å²) in [4.78, 5) is 29.9. The van der Waals surface area contributed by atoms with E-state index in [2.05, 4.69) is 33.8 Å². The van der Waals surface area contributed by atoms with Gasteiger partial charge in [-0.3, -0.25) is 9.59 Å². The summed E-state index contributed by atoms with van der Waals surface area (Å²) in [7, 11) is 1.65. The molecule has 2 fully saturated rings. The first kappa shape index (κ1) is 20.8. The van der Waals surface area contributed by atoms with Crippen LogP contribution in [0, 0.1) is 17.7 Å². The molecule has 5 rings (SSSR count). The summed E-state index contributed by atoms with van der Waals surface area (Å²) < 4.78 is 18.4. The molecule has 10 heteroatoms. The highest BCUT2D eigenvalue weighted by Crippen LogP contribution is 2.37. The van der Waals surface area contributed by atoms with Gasteiger partial charge in [0.15, 0.2) is 5.69 Å². The molecule has 0 bridgehead atoms. The Hall–Kier alpha value is -4.13. The fourth-order valence-corrected chi connectivity index (χ4v) is 4.09. The Labute approximate surface area is 189 Å². The molecule has 0 spiro atoms. The second-order valence-corrected chi connectivity index (χ2v) is 8.19. The van der Waals surface area contributed by atoms with Crippen LogP contribution in [0.15, 0.2) is 31.1 Å². The third-order valence-electron chi connectivity index (χ3n) is 6.01. The quantitative estimate of drug-likeness (QED) is 0.458. The number of fused-ring (bicyclic) bond motifs is 1. The predicted molar refractivity (Wildman–Crippen MR) is 120 cm³/mol. The van der Waals surface area contributed by atoms with Crippen molar-refractivity contribution in [3.05, 3.63) is 53.8 Å². The van der Waals surface area contributed by atoms with Crippen LogP contribution in [0.2, 0.25) is 0 Å². The minimum atomic E-state index is -0.702. The number of likely N-dealkylation sites (tertiary alicyclic amines) is 1. The smallest absolute Gasteiger partial charge is 0.255 e. The van der Waals surface area contributed by atoms with Crippen LogP contribution in [-0.4, -0.2) is 56.2 Å². The molecule has 0 radical (unpaired) electrons. The molecule has 1 aliphatic heterocycles. The van der Waals surface area contributed by atoms with Crippen LogP contribution in [0.1, 0.15) is 46.5 Å². The molecule has 9 nitrogen and oxygen atoms in total. The largest absolute Gasteiger partial charge is 0.373 e. The van der Waals surface area contributed by atoms with Crippen molar-refractivity contribution in [2.24, 2.45) is 5.73 Å². The lowest BCUT2D eigenvalue weighted by Gasteiger charge is -2.39. The highest BCUT2D eigenvalue weighted by molar-refractivity contribution is 6.00. The number of imidazole rings is 1. The van der Waals surface area contributed by atoms with Gasteiger partial charge in [0.25, 0.3) is 5.91 Å². The lowest BCUT2D eigenvalue weighted by molar-refractivity contribution is -0.131. The molecule has 168 valence electrons. The maximum absolute atomic E-state index is 14.8. The van der Waals surface area contributed by atoms with E-state index in [1.807, 2.05) is 4.57 Å². The number of amides is 2. The number of hydrogen-bond acceptors (Lipinski definition) is 5. The van der Waals surface area contributed by atoms with Crippen LogP contribution >= 0.6 is 0 Å². The van der Waals surface area contributed by atoms with Crippen LogP contribution < -0.4 is 11.1 Å². The van der Waals surface area contributed by atoms with Crippen LogP contribution in [0.25, 0.3) is 11.0 Å². The molecule has 0 unspecified atom stereocenters. The number of carbonyl (C=O) groups is 2. The molecule has 2 aromatic heterocycles. The Morgan fingerprint density at radius 3 is 2.67 bits per heavy atom. The maximum Gasteiger partial charge on any atom is 0.255 e. The zero-order valence-electron chi connectivity index (χ0n) is 18.0. The van der Waals surface area contributed by atoms with E-state index in [4.69, 9.17) is 5.73 Å². The molecule has 3 heterocycles. The lowest BCUT2D eigenvalue weighted by Crippen LogP contribution is -2.50. The van der Waals surface area contributed by atoms with E-state index < -0.39 is 11.7 Å². The van der Waals surface area contributed by atoms with E-state index in [0.29, 0.717) is 30.5 Å². The first-order valence-electron chi connectivity index (χ1n) is 10.6. The van der Waals surface area contributed by atoms with Crippen molar-refractivity contribution in [2.45, 2.75) is 24.9 Å². The Balaban J connectivity index is 1.50. The number of benzene rings is 1. The lowest BCUT2D eigenvalue weighted by atomic mass is 10.1. The monoisotopic (exact) mass is 447 g/mol. The van der Waals surface area contributed by atoms with Gasteiger partial charge in [-0.05, 0) is 30.9 Å². The van der Waals surface area contributed by atoms with E-state index >= 15 is 0 Å². The van der Waals surface area contributed by atoms with Gasteiger partial charge in [0.05, 0.1) is 29.0 Å². The number of halogens is 1. The number of aromatic nitrogens is 4. The Kier molecular flexibility index (Phi) is 4.89. The second-order valence-electron chi connectivity index (χ2n) is 8.19. The Morgan fingerprint density at radius 1 is 1.27 bits per heavy atom. The van der Waals surface area contributed by atoms with E-state index in [1.54, 1.807) is 29.0 Å². The molecule has 1 saturated heterocycles. The van der Waals surface area contributed by atoms with Crippen molar-refractivity contribution in [3.8, 4) is 11.8 Å². The standard InChI is InChI=1S/C23H22FN7O2/c1-3-20(32)29-10-15(11-29)31-23(26-2)21(22(25)33)17(28-31)7-4-13-8-18-19(9-16(13)24)30(12-27-18)14-5-6-14/h3,8-9,12,14-15,26H,1,5-6,10-11H2,2H3,(H2,25,33). The zero-order valence-corrected chi connectivity index (χ0v) is 18.0. The molecular formula is C23H22FN7O2. The SMILES string of the molecule is C=CC(=O)N1CC(n2nc(C#Cc3cc4ncn(C5CC5)c4cc3F)c(C(N)=O)c2NC)C1. The number of rotatable bonds is 5. The Morgan fingerprint density at radius 2 is 2.03 bits per heavy atom. The minimum absolute atomic E-state index is 0.123. The summed E-state index contributed by atoms with van der Waals surface area (Å²) in [6.45, 7) is 4.32. The third kappa shape index (κ3) is 3.51. The second kappa shape index (κ2) is 7.78. The van der Waals surface area contributed by atoms with Gasteiger partial charge in [0.1, 0.15) is 17.2 Å². The number of anilines is 1. The predicted octanol–water partition coefficient (Wildman–Crippen LogP) is 1.82. The summed E-state index contributed by atoms with van der Waals surface area (Å²) in [5.41, 5.74) is 7.43. The van der Waals surface area contributed by atoms with Crippen LogP contribution in [0.4, 0.5) is 10.2 Å². The van der Waals surface area contributed by atoms with Gasteiger partial charge in [0, 0.05) is 32.2 Å². The van der Waals surface area contributed by atoms with Gasteiger partial charge in [-0.15, -0.1) is 0 Å². The van der Waals surface area contributed by atoms with Crippen LogP contribution in [-0.2, 0) is 4.79 Å². The number of carbonyl (C=O) groups excluding carboxylic acids is 2. The van der Waals surface area contributed by atoms with Crippen LogP contribution in [0.3, 0.4) is 0 Å². The van der Waals surface area contributed by atoms with E-state index in [9.17, 15) is 14.0 Å². The number of hydrogen-bond donors (Lipinski definition) is 2. The van der Waals surface area contributed by atoms with Gasteiger partial charge < -0.3 is 20.5 Å². The van der Waals surface area contributed by atoms with Crippen molar-refractivity contribution >= 4 is 28.7 Å². The normalized spacial score (nSPS) is 15.6. The van der Waals surface area contributed by atoms with E-state index in [-0.39, 0.29) is 28.8 Å². The molecule has 1 aliphatic carbocycles. The summed E-state index contributed by atoms with van der Waals surface area (Å²) in [5.74, 6) is 4.65. The van der Waals surface area contributed by atoms with Gasteiger partial charge >= 0.3 is 0 Å². The number of nitrogens with one attached hydrogen (secondary N) is 1. The van der Waals surface area contributed by atoms with Gasteiger partial charge in [-0.1, -0.05) is 12.5 Å². The summed E-state index contributed by atoms with van der Waals surface area (Å²) in [5, 5.41) is 7.41. The molecule has 0 atom stereocenters. The van der Waals surface area contributed by atoms with Gasteiger partial charge in [-0.2, -0.15) is 5.10 Å². The highest BCUT2D eigenvalue weighted by Gasteiger charge is 2.35. The van der Waals surface area contributed by atoms with E-state index in [0.717, 1.165) is 18.4 Å². The molecule has 1 saturated carbocycles. The molecule has 3 N–H and O–H groups in total. The fourth-order valence-electron chi connectivity index (χ4n) is 4.09. The average molecular weight is 447 g/mol. The molecule has 2 aliphatic rings. The summed E-state index contributed by atoms with van der Waals surface area (Å²) in [6.07, 6.45) is 5.12. The fraction of sp³-hybridized carbons (Fsp3) is 0.304. The summed E-state index contributed by atoms with van der Waals surface area (Å²) >= 11 is 0. The van der Waals surface area contributed by atoms with E-state index in [1.165, 1.54) is 12.1 Å². The van der Waals surface area contributed by atoms with Crippen molar-refractivity contribution in [1.82, 2.24) is 24.2 Å². The zero-order chi connectivity index (χ0) is 23.3. The summed E-state index contributed by atoms with van der Waals surface area (Å²) in [6, 6.07) is 3.28. The van der Waals surface area contributed by atoms with Crippen LogP contribution in [0.5, 0.6) is 0 Å². The molecule has 3 aromatic rings. The van der Waals surface area contributed by atoms with Gasteiger partial charge in [-0.25, -0.2) is 14.1 Å². The van der Waals surface area contributed by atoms with Crippen molar-refractivity contribution in [3.63, 3.8) is 0 Å². The highest BCUT2D eigenvalue weighted by atomic mass is 19.1. The average Bonchev–Trinajstić information content (AvgIpc) is 3.42. The molecule has 33 heavy (non-hydrogen) atoms. The minimum Gasteiger partial charge on any atom is -0.373 e. The molecular weight excluding hydrogens is 425 g/mol. The van der Waals surface area contributed by atoms with Crippen molar-refractivity contribution < 1.29 is 14.0 Å². The third-order valence-corrected chi connectivity index (χ3v) is 6.01. The molecule has 2 amide bonds. The maximum atomic E-state index is 14.8. The number of nitrogens with two attached hydrogens (primary N) is 1. The number of nitrogens with zero attached hydrogens (tertiary/aromatic N) is 5. The van der Waals surface area contributed by atoms with Crippen molar-refractivity contribution in [2.75, 3.05) is 25.5 Å². The topological polar surface area (TPSA) is 111 Å². The first-order valence-corrected chi connectivity index (χ1v) is 10.6. The molecule has 1 aromatic carbocycles. The number of primary amides is 1. The Bertz CT molecular complexity index is 1370. The first-order chi connectivity index (χ1) is 15.9. The van der Waals surface area contributed by atoms with Crippen molar-refractivity contribution in [1.29, 1.82) is 0 Å².